The summed E-state index contributed by atoms with van der Waals surface area (Å²) in [6.45, 7) is 2.52. The van der Waals surface area contributed by atoms with E-state index in [1.54, 1.807) is 0 Å². The Kier molecular flexibility index (Phi) is 4.68. The number of hydrogen-bond donors (Lipinski definition) is 2. The van der Waals surface area contributed by atoms with Crippen LogP contribution in [0.1, 0.15) is 17.4 Å². The SMILES string of the molecule is CCOc1ccc(-c2cnc(OC)c(C(=O)NN)n2)cc1. The highest BCUT2D eigenvalue weighted by Gasteiger charge is 2.16. The van der Waals surface area contributed by atoms with Crippen LogP contribution in [-0.2, 0) is 0 Å². The third kappa shape index (κ3) is 3.26. The van der Waals surface area contributed by atoms with E-state index in [-0.39, 0.29) is 11.6 Å². The van der Waals surface area contributed by atoms with Gasteiger partial charge in [-0.05, 0) is 31.2 Å². The summed E-state index contributed by atoms with van der Waals surface area (Å²) < 4.78 is 10.4. The van der Waals surface area contributed by atoms with E-state index in [1.807, 2.05) is 36.6 Å². The molecule has 3 N–H and O–H groups in total. The Bertz CT molecular complexity index is 629. The predicted octanol–water partition coefficient (Wildman–Crippen LogP) is 1.15. The minimum atomic E-state index is -0.563. The Labute approximate surface area is 122 Å². The zero-order valence-corrected chi connectivity index (χ0v) is 11.8. The van der Waals surface area contributed by atoms with Gasteiger partial charge < -0.3 is 9.47 Å². The topological polar surface area (TPSA) is 99.4 Å². The van der Waals surface area contributed by atoms with Crippen LogP contribution in [0.2, 0.25) is 0 Å². The van der Waals surface area contributed by atoms with Gasteiger partial charge in [0.15, 0.2) is 5.69 Å². The van der Waals surface area contributed by atoms with Crippen molar-refractivity contribution in [3.8, 4) is 22.9 Å². The van der Waals surface area contributed by atoms with Gasteiger partial charge in [-0.1, -0.05) is 0 Å². The summed E-state index contributed by atoms with van der Waals surface area (Å²) in [6, 6.07) is 7.33. The highest BCUT2D eigenvalue weighted by Crippen LogP contribution is 2.23. The Morgan fingerprint density at radius 1 is 1.33 bits per heavy atom. The molecule has 110 valence electrons. The number of aromatic nitrogens is 2. The van der Waals surface area contributed by atoms with Crippen LogP contribution < -0.4 is 20.7 Å². The number of nitrogens with one attached hydrogen (secondary N) is 1. The first-order chi connectivity index (χ1) is 10.2. The van der Waals surface area contributed by atoms with E-state index < -0.39 is 5.91 Å². The molecule has 0 aliphatic rings. The van der Waals surface area contributed by atoms with Gasteiger partial charge in [0.05, 0.1) is 25.6 Å². The van der Waals surface area contributed by atoms with Gasteiger partial charge in [-0.3, -0.25) is 10.2 Å². The monoisotopic (exact) mass is 288 g/mol. The number of hydrazine groups is 1. The Morgan fingerprint density at radius 3 is 2.62 bits per heavy atom. The number of methoxy groups -OCH3 is 1. The van der Waals surface area contributed by atoms with Crippen LogP contribution in [0.15, 0.2) is 30.5 Å². The molecule has 0 saturated heterocycles. The lowest BCUT2D eigenvalue weighted by atomic mass is 10.1. The van der Waals surface area contributed by atoms with Crippen LogP contribution in [0.4, 0.5) is 0 Å². The van der Waals surface area contributed by atoms with Crippen molar-refractivity contribution in [1.82, 2.24) is 15.4 Å². The summed E-state index contributed by atoms with van der Waals surface area (Å²) in [5, 5.41) is 0. The van der Waals surface area contributed by atoms with Gasteiger partial charge in [0.1, 0.15) is 5.75 Å². The van der Waals surface area contributed by atoms with Gasteiger partial charge >= 0.3 is 0 Å². The molecule has 0 aliphatic heterocycles. The zero-order valence-electron chi connectivity index (χ0n) is 11.8. The molecule has 0 aliphatic carbocycles. The van der Waals surface area contributed by atoms with Gasteiger partial charge in [-0.2, -0.15) is 0 Å². The first kappa shape index (κ1) is 14.7. The maximum atomic E-state index is 11.7. The van der Waals surface area contributed by atoms with Crippen molar-refractivity contribution in [1.29, 1.82) is 0 Å². The number of nitrogen functional groups attached to an aromatic ring is 1. The van der Waals surface area contributed by atoms with Gasteiger partial charge in [0.25, 0.3) is 5.91 Å². The van der Waals surface area contributed by atoms with Crippen LogP contribution in [0, 0.1) is 0 Å². The van der Waals surface area contributed by atoms with E-state index in [0.717, 1.165) is 11.3 Å². The molecule has 1 heterocycles. The van der Waals surface area contributed by atoms with E-state index in [2.05, 4.69) is 9.97 Å². The number of rotatable bonds is 5. The normalized spacial score (nSPS) is 10.0. The quantitative estimate of drug-likeness (QED) is 0.486. The number of carbonyl (C=O) groups excluding carboxylic acids is 1. The third-order valence-corrected chi connectivity index (χ3v) is 2.74. The molecule has 0 atom stereocenters. The standard InChI is InChI=1S/C14H16N4O3/c1-3-21-10-6-4-9(5-7-10)11-8-16-14(20-2)12(17-11)13(19)18-15/h4-8H,3,15H2,1-2H3,(H,18,19). The second kappa shape index (κ2) is 6.67. The molecule has 0 spiro atoms. The van der Waals surface area contributed by atoms with Crippen molar-refractivity contribution in [3.05, 3.63) is 36.2 Å². The van der Waals surface area contributed by atoms with Crippen LogP contribution in [-0.4, -0.2) is 29.6 Å². The molecule has 0 saturated carbocycles. The van der Waals surface area contributed by atoms with Crippen molar-refractivity contribution in [2.24, 2.45) is 5.84 Å². The minimum absolute atomic E-state index is 0.0337. The second-order valence-corrected chi connectivity index (χ2v) is 4.04. The first-order valence-corrected chi connectivity index (χ1v) is 6.34. The fourth-order valence-corrected chi connectivity index (χ4v) is 1.77. The van der Waals surface area contributed by atoms with Crippen molar-refractivity contribution in [3.63, 3.8) is 0 Å². The van der Waals surface area contributed by atoms with Gasteiger partial charge in [-0.25, -0.2) is 15.8 Å². The van der Waals surface area contributed by atoms with Crippen molar-refractivity contribution in [2.45, 2.75) is 6.92 Å². The molecule has 0 unspecified atom stereocenters. The van der Waals surface area contributed by atoms with Gasteiger partial charge in [-0.15, -0.1) is 0 Å². The molecule has 1 aromatic heterocycles. The summed E-state index contributed by atoms with van der Waals surface area (Å²) in [4.78, 5) is 20.0. The molecule has 0 bridgehead atoms. The van der Waals surface area contributed by atoms with Crippen molar-refractivity contribution in [2.75, 3.05) is 13.7 Å². The second-order valence-electron chi connectivity index (χ2n) is 4.04. The largest absolute Gasteiger partial charge is 0.494 e. The number of amides is 1. The molecule has 2 rings (SSSR count). The summed E-state index contributed by atoms with van der Waals surface area (Å²) in [7, 11) is 1.41. The average Bonchev–Trinajstić information content (AvgIpc) is 2.54. The predicted molar refractivity (Wildman–Crippen MR) is 76.8 cm³/mol. The van der Waals surface area contributed by atoms with Crippen LogP contribution in [0.5, 0.6) is 11.6 Å². The molecule has 21 heavy (non-hydrogen) atoms. The Morgan fingerprint density at radius 2 is 2.05 bits per heavy atom. The average molecular weight is 288 g/mol. The fraction of sp³-hybridized carbons (Fsp3) is 0.214. The maximum Gasteiger partial charge on any atom is 0.289 e. The minimum Gasteiger partial charge on any atom is -0.494 e. The molecule has 1 aromatic carbocycles. The fourth-order valence-electron chi connectivity index (χ4n) is 1.77. The molecule has 0 radical (unpaired) electrons. The molecule has 2 aromatic rings. The third-order valence-electron chi connectivity index (χ3n) is 2.74. The van der Waals surface area contributed by atoms with Crippen molar-refractivity contribution >= 4 is 5.91 Å². The zero-order chi connectivity index (χ0) is 15.2. The number of hydrogen-bond acceptors (Lipinski definition) is 6. The Balaban J connectivity index is 2.37. The van der Waals surface area contributed by atoms with Crippen LogP contribution >= 0.6 is 0 Å². The van der Waals surface area contributed by atoms with E-state index in [0.29, 0.717) is 12.3 Å². The van der Waals surface area contributed by atoms with E-state index in [1.165, 1.54) is 13.3 Å². The highest BCUT2D eigenvalue weighted by atomic mass is 16.5. The molecule has 7 heteroatoms. The highest BCUT2D eigenvalue weighted by molar-refractivity contribution is 5.94. The van der Waals surface area contributed by atoms with Gasteiger partial charge in [0, 0.05) is 5.56 Å². The molecular formula is C14H16N4O3. The summed E-state index contributed by atoms with van der Waals surface area (Å²) in [5.74, 6) is 5.45. The van der Waals surface area contributed by atoms with Crippen LogP contribution in [0.3, 0.4) is 0 Å². The summed E-state index contributed by atoms with van der Waals surface area (Å²) in [5.41, 5.74) is 3.40. The molecular weight excluding hydrogens is 272 g/mol. The number of nitrogens with zero attached hydrogens (tertiary/aromatic N) is 2. The lowest BCUT2D eigenvalue weighted by molar-refractivity contribution is 0.0944. The maximum absolute atomic E-state index is 11.7. The van der Waals surface area contributed by atoms with Crippen LogP contribution in [0.25, 0.3) is 11.3 Å². The number of carbonyl (C=O) groups is 1. The first-order valence-electron chi connectivity index (χ1n) is 6.34. The van der Waals surface area contributed by atoms with Gasteiger partial charge in [0.2, 0.25) is 5.88 Å². The smallest absolute Gasteiger partial charge is 0.289 e. The summed E-state index contributed by atoms with van der Waals surface area (Å²) in [6.07, 6.45) is 1.53. The molecule has 0 fully saturated rings. The lowest BCUT2D eigenvalue weighted by Crippen LogP contribution is -2.31. The molecule has 1 amide bonds. The lowest BCUT2D eigenvalue weighted by Gasteiger charge is -2.08. The van der Waals surface area contributed by atoms with E-state index >= 15 is 0 Å². The summed E-state index contributed by atoms with van der Waals surface area (Å²) >= 11 is 0. The number of nitrogens with two attached hydrogens (primary N) is 1. The Hall–Kier alpha value is -2.67. The van der Waals surface area contributed by atoms with Crippen molar-refractivity contribution < 1.29 is 14.3 Å². The number of benzene rings is 1. The molecule has 7 nitrogen and oxygen atoms in total. The van der Waals surface area contributed by atoms with E-state index in [9.17, 15) is 4.79 Å². The van der Waals surface area contributed by atoms with E-state index in [4.69, 9.17) is 15.3 Å². The number of ether oxygens (including phenoxy) is 2.